The van der Waals surface area contributed by atoms with Crippen LogP contribution in [-0.4, -0.2) is 37.2 Å². The van der Waals surface area contributed by atoms with Crippen molar-refractivity contribution in [1.29, 1.82) is 0 Å². The summed E-state index contributed by atoms with van der Waals surface area (Å²) in [4.78, 5) is 38.5. The second-order valence-corrected chi connectivity index (χ2v) is 25.6. The minimum Gasteiger partial charge on any atom is -0.462 e. The first-order valence-electron chi connectivity index (χ1n) is 37.5. The van der Waals surface area contributed by atoms with Gasteiger partial charge < -0.3 is 14.2 Å². The molecule has 0 aliphatic rings. The fraction of sp³-hybridized carbons (Fsp3) is 0.883. The van der Waals surface area contributed by atoms with E-state index in [4.69, 9.17) is 14.2 Å². The van der Waals surface area contributed by atoms with Gasteiger partial charge >= 0.3 is 17.9 Å². The first-order valence-corrected chi connectivity index (χ1v) is 37.5. The standard InChI is InChI=1S/C77H144O6/c1-4-7-10-13-16-19-22-25-28-30-32-34-36-38-40-42-44-46-49-52-55-58-61-64-67-70-76(79)82-73-74(72-81-75(78)69-66-63-60-57-54-51-48-27-24-21-18-15-12-9-6-3)83-77(80)71-68-65-62-59-56-53-50-47-45-43-41-39-37-35-33-31-29-26-23-20-17-14-11-8-5-2/h27,30-33,48,74H,4-26,28-29,34-47,49-73H2,1-3H3/b32-30-,33-31-,48-27-. The van der Waals surface area contributed by atoms with Crippen LogP contribution in [0.25, 0.3) is 0 Å². The van der Waals surface area contributed by atoms with E-state index >= 15 is 0 Å². The van der Waals surface area contributed by atoms with Gasteiger partial charge in [-0.1, -0.05) is 340 Å². The molecule has 0 aromatic rings. The van der Waals surface area contributed by atoms with Crippen molar-refractivity contribution in [3.63, 3.8) is 0 Å². The minimum absolute atomic E-state index is 0.0703. The van der Waals surface area contributed by atoms with Crippen molar-refractivity contribution in [3.8, 4) is 0 Å². The zero-order valence-corrected chi connectivity index (χ0v) is 56.2. The topological polar surface area (TPSA) is 78.9 Å². The van der Waals surface area contributed by atoms with Crippen LogP contribution < -0.4 is 0 Å². The van der Waals surface area contributed by atoms with Crippen molar-refractivity contribution >= 4 is 17.9 Å². The highest BCUT2D eigenvalue weighted by Crippen LogP contribution is 2.19. The van der Waals surface area contributed by atoms with Crippen LogP contribution in [0, 0.1) is 0 Å². The number of ether oxygens (including phenoxy) is 3. The molecule has 0 aliphatic heterocycles. The Hall–Kier alpha value is -2.37. The molecule has 0 aromatic heterocycles. The first-order chi connectivity index (χ1) is 41.0. The van der Waals surface area contributed by atoms with Gasteiger partial charge in [-0.05, 0) is 96.3 Å². The lowest BCUT2D eigenvalue weighted by Crippen LogP contribution is -2.30. The second-order valence-electron chi connectivity index (χ2n) is 25.6. The van der Waals surface area contributed by atoms with E-state index in [0.29, 0.717) is 19.3 Å². The molecule has 0 radical (unpaired) electrons. The molecule has 0 aromatic carbocycles. The van der Waals surface area contributed by atoms with Crippen molar-refractivity contribution in [1.82, 2.24) is 0 Å². The number of hydrogen-bond acceptors (Lipinski definition) is 6. The number of carbonyl (C=O) groups excluding carboxylic acids is 3. The number of rotatable bonds is 70. The third-order valence-corrected chi connectivity index (χ3v) is 17.1. The van der Waals surface area contributed by atoms with Crippen LogP contribution in [0.1, 0.15) is 419 Å². The number of esters is 3. The lowest BCUT2D eigenvalue weighted by Gasteiger charge is -2.18. The summed E-state index contributed by atoms with van der Waals surface area (Å²) < 4.78 is 17.0. The van der Waals surface area contributed by atoms with E-state index in [1.54, 1.807) is 0 Å². The third kappa shape index (κ3) is 70.3. The zero-order chi connectivity index (χ0) is 59.9. The molecule has 0 spiro atoms. The molecular formula is C77H144O6. The normalized spacial score (nSPS) is 12.2. The van der Waals surface area contributed by atoms with Gasteiger partial charge in [0.25, 0.3) is 0 Å². The van der Waals surface area contributed by atoms with Gasteiger partial charge in [0.15, 0.2) is 6.10 Å². The summed E-state index contributed by atoms with van der Waals surface area (Å²) in [6.45, 7) is 6.71. The van der Waals surface area contributed by atoms with Crippen LogP contribution in [0.15, 0.2) is 36.5 Å². The lowest BCUT2D eigenvalue weighted by molar-refractivity contribution is -0.167. The molecule has 0 saturated heterocycles. The Balaban J connectivity index is 4.26. The van der Waals surface area contributed by atoms with Crippen molar-refractivity contribution in [2.45, 2.75) is 425 Å². The van der Waals surface area contributed by atoms with E-state index in [9.17, 15) is 14.4 Å². The van der Waals surface area contributed by atoms with Crippen molar-refractivity contribution in [2.75, 3.05) is 13.2 Å². The fourth-order valence-electron chi connectivity index (χ4n) is 11.4. The highest BCUT2D eigenvalue weighted by molar-refractivity contribution is 5.71. The Morgan fingerprint density at radius 3 is 0.602 bits per heavy atom. The van der Waals surface area contributed by atoms with E-state index in [-0.39, 0.29) is 31.1 Å². The molecule has 0 bridgehead atoms. The summed E-state index contributed by atoms with van der Waals surface area (Å²) in [5.74, 6) is -0.848. The summed E-state index contributed by atoms with van der Waals surface area (Å²) in [6.07, 6.45) is 90.4. The number of carbonyl (C=O) groups is 3. The second kappa shape index (κ2) is 72.1. The van der Waals surface area contributed by atoms with Crippen molar-refractivity contribution in [3.05, 3.63) is 36.5 Å². The number of unbranched alkanes of at least 4 members (excludes halogenated alkanes) is 53. The highest BCUT2D eigenvalue weighted by Gasteiger charge is 2.20. The maximum absolute atomic E-state index is 13.0. The van der Waals surface area contributed by atoms with Gasteiger partial charge in [-0.15, -0.1) is 0 Å². The summed E-state index contributed by atoms with van der Waals surface area (Å²) in [5.41, 5.74) is 0. The highest BCUT2D eigenvalue weighted by atomic mass is 16.6. The molecule has 0 rings (SSSR count). The van der Waals surface area contributed by atoms with Crippen LogP contribution >= 0.6 is 0 Å². The van der Waals surface area contributed by atoms with E-state index in [2.05, 4.69) is 57.2 Å². The van der Waals surface area contributed by atoms with Gasteiger partial charge in [-0.25, -0.2) is 0 Å². The average molecular weight is 1170 g/mol. The van der Waals surface area contributed by atoms with Gasteiger partial charge in [0.05, 0.1) is 0 Å². The van der Waals surface area contributed by atoms with Gasteiger partial charge in [-0.2, -0.15) is 0 Å². The Morgan fingerprint density at radius 2 is 0.398 bits per heavy atom. The molecule has 6 heteroatoms. The Morgan fingerprint density at radius 1 is 0.229 bits per heavy atom. The molecule has 6 nitrogen and oxygen atoms in total. The molecule has 0 saturated carbocycles. The average Bonchev–Trinajstić information content (AvgIpc) is 3.49. The summed E-state index contributed by atoms with van der Waals surface area (Å²) in [5, 5.41) is 0. The first kappa shape index (κ1) is 80.6. The monoisotopic (exact) mass is 1170 g/mol. The van der Waals surface area contributed by atoms with Gasteiger partial charge in [0.2, 0.25) is 0 Å². The van der Waals surface area contributed by atoms with E-state index in [0.717, 1.165) is 64.2 Å². The molecule has 0 N–H and O–H groups in total. The predicted octanol–water partition coefficient (Wildman–Crippen LogP) is 25.9. The van der Waals surface area contributed by atoms with E-state index < -0.39 is 6.10 Å². The number of allylic oxidation sites excluding steroid dienone is 6. The maximum Gasteiger partial charge on any atom is 0.306 e. The Kier molecular flexibility index (Phi) is 70.0. The van der Waals surface area contributed by atoms with Crippen molar-refractivity contribution < 1.29 is 28.6 Å². The molecule has 488 valence electrons. The molecule has 1 atom stereocenters. The number of hydrogen-bond donors (Lipinski definition) is 0. The summed E-state index contributed by atoms with van der Waals surface area (Å²) >= 11 is 0. The molecule has 83 heavy (non-hydrogen) atoms. The molecule has 0 heterocycles. The molecule has 0 fully saturated rings. The molecule has 0 amide bonds. The summed E-state index contributed by atoms with van der Waals surface area (Å²) in [6, 6.07) is 0. The minimum atomic E-state index is -0.776. The van der Waals surface area contributed by atoms with Crippen LogP contribution in [0.3, 0.4) is 0 Å². The Labute approximate surface area is 518 Å². The Bertz CT molecular complexity index is 1380. The van der Waals surface area contributed by atoms with Crippen LogP contribution in [0.2, 0.25) is 0 Å². The smallest absolute Gasteiger partial charge is 0.306 e. The fourth-order valence-corrected chi connectivity index (χ4v) is 11.4. The lowest BCUT2D eigenvalue weighted by atomic mass is 10.0. The third-order valence-electron chi connectivity index (χ3n) is 17.1. The summed E-state index contributed by atoms with van der Waals surface area (Å²) in [7, 11) is 0. The molecule has 0 aliphatic carbocycles. The predicted molar refractivity (Wildman–Crippen MR) is 362 cm³/mol. The zero-order valence-electron chi connectivity index (χ0n) is 56.2. The molecular weight excluding hydrogens is 1020 g/mol. The van der Waals surface area contributed by atoms with Crippen LogP contribution in [0.4, 0.5) is 0 Å². The van der Waals surface area contributed by atoms with E-state index in [1.165, 1.54) is 315 Å². The quantitative estimate of drug-likeness (QED) is 0.0261. The van der Waals surface area contributed by atoms with Crippen molar-refractivity contribution in [2.24, 2.45) is 0 Å². The largest absolute Gasteiger partial charge is 0.462 e. The maximum atomic E-state index is 13.0. The SMILES string of the molecule is CCCCCCCC/C=C\CCCCCCCC(=O)OCC(COC(=O)CCCCCCCCCCCCCCC/C=C\CCCCCCCCCC)OC(=O)CCCCCCCCCCCCCCC/C=C\CCCCCCCCCC. The van der Waals surface area contributed by atoms with Gasteiger partial charge in [0, 0.05) is 19.3 Å². The van der Waals surface area contributed by atoms with Gasteiger partial charge in [-0.3, -0.25) is 14.4 Å². The van der Waals surface area contributed by atoms with E-state index in [1.807, 2.05) is 0 Å². The van der Waals surface area contributed by atoms with Crippen LogP contribution in [-0.2, 0) is 28.6 Å². The molecule has 1 unspecified atom stereocenters. The van der Waals surface area contributed by atoms with Gasteiger partial charge in [0.1, 0.15) is 13.2 Å². The van der Waals surface area contributed by atoms with Crippen LogP contribution in [0.5, 0.6) is 0 Å².